The van der Waals surface area contributed by atoms with Crippen LogP contribution in [0.15, 0.2) is 0 Å². The molecule has 5 nitrogen and oxygen atoms in total. The van der Waals surface area contributed by atoms with Gasteiger partial charge in [-0.1, -0.05) is 13.3 Å². The number of amides is 1. The van der Waals surface area contributed by atoms with Crippen molar-refractivity contribution in [2.45, 2.75) is 38.7 Å². The van der Waals surface area contributed by atoms with E-state index in [4.69, 9.17) is 9.84 Å². The number of rotatable bonds is 6. The first kappa shape index (κ1) is 14.3. The van der Waals surface area contributed by atoms with Crippen molar-refractivity contribution in [3.63, 3.8) is 0 Å². The summed E-state index contributed by atoms with van der Waals surface area (Å²) in [6.07, 6.45) is 3.91. The fourth-order valence-corrected chi connectivity index (χ4v) is 1.98. The van der Waals surface area contributed by atoms with Crippen LogP contribution >= 0.6 is 0 Å². The highest BCUT2D eigenvalue weighted by molar-refractivity contribution is 5.67. The molecule has 1 saturated heterocycles. The number of piperidine rings is 1. The lowest BCUT2D eigenvalue weighted by Gasteiger charge is -2.31. The molecule has 0 aromatic heterocycles. The minimum absolute atomic E-state index is 0.0339. The predicted octanol–water partition coefficient (Wildman–Crippen LogP) is 0.969. The highest BCUT2D eigenvalue weighted by atomic mass is 16.6. The molecular formula is C12H24N2O3. The standard InChI is InChI=1S/C12H24N2O3/c1-2-3-7-14-8-4-11(5-9-14)17-12(16)13-6-10-15/h11,15H,2-10H2,1H3,(H,13,16). The number of likely N-dealkylation sites (tertiary alicyclic amines) is 1. The Balaban J connectivity index is 2.12. The number of nitrogens with zero attached hydrogens (tertiary/aromatic N) is 1. The van der Waals surface area contributed by atoms with Crippen LogP contribution in [-0.4, -0.2) is 55.0 Å². The summed E-state index contributed by atoms with van der Waals surface area (Å²) < 4.78 is 5.26. The van der Waals surface area contributed by atoms with Gasteiger partial charge in [-0.25, -0.2) is 4.79 Å². The monoisotopic (exact) mass is 244 g/mol. The number of carbonyl (C=O) groups is 1. The number of nitrogens with one attached hydrogen (secondary N) is 1. The molecule has 0 aromatic rings. The number of aliphatic hydroxyl groups is 1. The van der Waals surface area contributed by atoms with Crippen LogP contribution in [0.5, 0.6) is 0 Å². The third kappa shape index (κ3) is 5.89. The van der Waals surface area contributed by atoms with Crippen molar-refractivity contribution in [1.29, 1.82) is 0 Å². The van der Waals surface area contributed by atoms with Gasteiger partial charge < -0.3 is 20.1 Å². The molecule has 2 N–H and O–H groups in total. The van der Waals surface area contributed by atoms with E-state index in [2.05, 4.69) is 17.1 Å². The molecule has 1 heterocycles. The van der Waals surface area contributed by atoms with Gasteiger partial charge in [0.1, 0.15) is 6.10 Å². The zero-order valence-corrected chi connectivity index (χ0v) is 10.7. The van der Waals surface area contributed by atoms with E-state index in [9.17, 15) is 4.79 Å². The summed E-state index contributed by atoms with van der Waals surface area (Å²) in [7, 11) is 0. The van der Waals surface area contributed by atoms with E-state index < -0.39 is 6.09 Å². The molecule has 1 rings (SSSR count). The van der Waals surface area contributed by atoms with Crippen LogP contribution in [0.1, 0.15) is 32.6 Å². The van der Waals surface area contributed by atoms with Crippen LogP contribution in [0, 0.1) is 0 Å². The largest absolute Gasteiger partial charge is 0.446 e. The molecule has 5 heteroatoms. The van der Waals surface area contributed by atoms with Crippen LogP contribution in [-0.2, 0) is 4.74 Å². The lowest BCUT2D eigenvalue weighted by atomic mass is 10.1. The van der Waals surface area contributed by atoms with Crippen LogP contribution in [0.25, 0.3) is 0 Å². The van der Waals surface area contributed by atoms with Gasteiger partial charge in [-0.05, 0) is 25.8 Å². The van der Waals surface area contributed by atoms with Gasteiger partial charge in [0.05, 0.1) is 6.61 Å². The van der Waals surface area contributed by atoms with Crippen molar-refractivity contribution in [2.24, 2.45) is 0 Å². The SMILES string of the molecule is CCCCN1CCC(OC(=O)NCCO)CC1. The van der Waals surface area contributed by atoms with Crippen LogP contribution in [0.3, 0.4) is 0 Å². The second kappa shape index (κ2) is 8.31. The van der Waals surface area contributed by atoms with Crippen LogP contribution < -0.4 is 5.32 Å². The number of hydrogen-bond donors (Lipinski definition) is 2. The summed E-state index contributed by atoms with van der Waals surface area (Å²) in [5.74, 6) is 0. The van der Waals surface area contributed by atoms with Crippen LogP contribution in [0.2, 0.25) is 0 Å². The van der Waals surface area contributed by atoms with E-state index in [1.165, 1.54) is 12.8 Å². The molecule has 17 heavy (non-hydrogen) atoms. The lowest BCUT2D eigenvalue weighted by Crippen LogP contribution is -2.40. The summed E-state index contributed by atoms with van der Waals surface area (Å²) in [6.45, 7) is 5.58. The van der Waals surface area contributed by atoms with E-state index in [0.29, 0.717) is 0 Å². The molecule has 1 fully saturated rings. The molecule has 1 aliphatic rings. The molecule has 0 aromatic carbocycles. The molecule has 0 bridgehead atoms. The second-order valence-corrected chi connectivity index (χ2v) is 4.45. The quantitative estimate of drug-likeness (QED) is 0.731. The second-order valence-electron chi connectivity index (χ2n) is 4.45. The first-order valence-corrected chi connectivity index (χ1v) is 6.54. The maximum Gasteiger partial charge on any atom is 0.407 e. The Morgan fingerprint density at radius 2 is 2.18 bits per heavy atom. The molecular weight excluding hydrogens is 220 g/mol. The first-order chi connectivity index (χ1) is 8.26. The van der Waals surface area contributed by atoms with Crippen molar-refractivity contribution in [3.05, 3.63) is 0 Å². The number of unbranched alkanes of at least 4 members (excludes halogenated alkanes) is 1. The third-order valence-electron chi connectivity index (χ3n) is 3.02. The van der Waals surface area contributed by atoms with Gasteiger partial charge in [-0.15, -0.1) is 0 Å². The van der Waals surface area contributed by atoms with Gasteiger partial charge in [0.15, 0.2) is 0 Å². The molecule has 0 aliphatic carbocycles. The maximum atomic E-state index is 11.3. The van der Waals surface area contributed by atoms with E-state index >= 15 is 0 Å². The molecule has 1 aliphatic heterocycles. The molecule has 0 unspecified atom stereocenters. The van der Waals surface area contributed by atoms with Gasteiger partial charge in [-0.2, -0.15) is 0 Å². The Hall–Kier alpha value is -0.810. The van der Waals surface area contributed by atoms with Gasteiger partial charge >= 0.3 is 6.09 Å². The summed E-state index contributed by atoms with van der Waals surface area (Å²) in [4.78, 5) is 13.7. The van der Waals surface area contributed by atoms with E-state index in [0.717, 1.165) is 32.5 Å². The Labute approximate surface area is 103 Å². The average molecular weight is 244 g/mol. The Morgan fingerprint density at radius 3 is 2.76 bits per heavy atom. The smallest absolute Gasteiger partial charge is 0.407 e. The van der Waals surface area contributed by atoms with E-state index in [1.54, 1.807) is 0 Å². The Bertz CT molecular complexity index is 216. The topological polar surface area (TPSA) is 61.8 Å². The number of alkyl carbamates (subject to hydrolysis) is 1. The Morgan fingerprint density at radius 1 is 1.47 bits per heavy atom. The van der Waals surface area contributed by atoms with Gasteiger partial charge in [-0.3, -0.25) is 0 Å². The van der Waals surface area contributed by atoms with Crippen molar-refractivity contribution in [3.8, 4) is 0 Å². The predicted molar refractivity (Wildman–Crippen MR) is 65.9 cm³/mol. The molecule has 0 atom stereocenters. The molecule has 100 valence electrons. The minimum Gasteiger partial charge on any atom is -0.446 e. The highest BCUT2D eigenvalue weighted by Crippen LogP contribution is 2.14. The molecule has 1 amide bonds. The highest BCUT2D eigenvalue weighted by Gasteiger charge is 2.21. The fourth-order valence-electron chi connectivity index (χ4n) is 1.98. The number of carbonyl (C=O) groups excluding carboxylic acids is 1. The zero-order valence-electron chi connectivity index (χ0n) is 10.7. The van der Waals surface area contributed by atoms with Gasteiger partial charge in [0.2, 0.25) is 0 Å². The summed E-state index contributed by atoms with van der Waals surface area (Å²) in [5.41, 5.74) is 0. The fraction of sp³-hybridized carbons (Fsp3) is 0.917. The molecule has 0 radical (unpaired) electrons. The number of hydrogen-bond acceptors (Lipinski definition) is 4. The number of aliphatic hydroxyl groups excluding tert-OH is 1. The Kier molecular flexibility index (Phi) is 6.96. The van der Waals surface area contributed by atoms with Gasteiger partial charge in [0, 0.05) is 19.6 Å². The van der Waals surface area contributed by atoms with Crippen molar-refractivity contribution >= 4 is 6.09 Å². The van der Waals surface area contributed by atoms with Gasteiger partial charge in [0.25, 0.3) is 0 Å². The summed E-state index contributed by atoms with van der Waals surface area (Å²) in [5, 5.41) is 11.1. The van der Waals surface area contributed by atoms with E-state index in [-0.39, 0.29) is 19.3 Å². The number of ether oxygens (including phenoxy) is 1. The minimum atomic E-state index is -0.411. The maximum absolute atomic E-state index is 11.3. The third-order valence-corrected chi connectivity index (χ3v) is 3.02. The summed E-state index contributed by atoms with van der Waals surface area (Å²) >= 11 is 0. The van der Waals surface area contributed by atoms with Crippen LogP contribution in [0.4, 0.5) is 4.79 Å². The van der Waals surface area contributed by atoms with E-state index in [1.807, 2.05) is 0 Å². The normalized spacial score (nSPS) is 18.0. The lowest BCUT2D eigenvalue weighted by molar-refractivity contribution is 0.0498. The summed E-state index contributed by atoms with van der Waals surface area (Å²) in [6, 6.07) is 0. The average Bonchev–Trinajstić information content (AvgIpc) is 2.35. The first-order valence-electron chi connectivity index (χ1n) is 6.54. The van der Waals surface area contributed by atoms with Crippen molar-refractivity contribution in [1.82, 2.24) is 10.2 Å². The molecule has 0 spiro atoms. The molecule has 0 saturated carbocycles. The van der Waals surface area contributed by atoms with Crippen molar-refractivity contribution < 1.29 is 14.6 Å². The zero-order chi connectivity index (χ0) is 12.5. The van der Waals surface area contributed by atoms with Crippen molar-refractivity contribution in [2.75, 3.05) is 32.8 Å².